The number of halogens is 1. The normalized spacial score (nSPS) is 11.1. The molecule has 9 nitrogen and oxygen atoms in total. The van der Waals surface area contributed by atoms with E-state index in [0.29, 0.717) is 21.3 Å². The van der Waals surface area contributed by atoms with Gasteiger partial charge in [-0.15, -0.1) is 0 Å². The summed E-state index contributed by atoms with van der Waals surface area (Å²) in [6.45, 7) is -0.813. The van der Waals surface area contributed by atoms with Gasteiger partial charge in [-0.25, -0.2) is 18.2 Å². The Balaban J connectivity index is 1.50. The zero-order valence-corrected chi connectivity index (χ0v) is 19.5. The highest BCUT2D eigenvalue weighted by molar-refractivity contribution is 7.92. The van der Waals surface area contributed by atoms with E-state index in [9.17, 15) is 22.4 Å². The number of para-hydroxylation sites is 2. The second kappa shape index (κ2) is 11.7. The molecule has 0 aliphatic carbocycles. The molecule has 0 heterocycles. The third kappa shape index (κ3) is 7.93. The maximum atomic E-state index is 14.0. The van der Waals surface area contributed by atoms with Crippen molar-refractivity contribution in [1.29, 1.82) is 0 Å². The molecule has 35 heavy (non-hydrogen) atoms. The molecule has 0 atom stereocenters. The molecule has 3 aromatic rings. The van der Waals surface area contributed by atoms with Crippen LogP contribution in [0.25, 0.3) is 0 Å². The van der Waals surface area contributed by atoms with E-state index in [0.717, 1.165) is 12.3 Å². The summed E-state index contributed by atoms with van der Waals surface area (Å²) >= 11 is 0. The number of sulfonamides is 1. The average molecular weight is 499 g/mol. The van der Waals surface area contributed by atoms with Crippen LogP contribution in [0.2, 0.25) is 0 Å². The van der Waals surface area contributed by atoms with E-state index < -0.39 is 28.3 Å². The fourth-order valence-electron chi connectivity index (χ4n) is 2.90. The lowest BCUT2D eigenvalue weighted by atomic mass is 10.2. The monoisotopic (exact) mass is 498 g/mol. The van der Waals surface area contributed by atoms with Crippen molar-refractivity contribution in [2.45, 2.75) is 0 Å². The Labute approximate surface area is 202 Å². The number of hydrogen-bond donors (Lipinski definition) is 2. The van der Waals surface area contributed by atoms with E-state index in [1.165, 1.54) is 24.4 Å². The fraction of sp³-hybridized carbons (Fsp3) is 0.125. The first kappa shape index (κ1) is 25.4. The highest BCUT2D eigenvalue weighted by Crippen LogP contribution is 2.21. The second-order valence-electron chi connectivity index (χ2n) is 7.29. The van der Waals surface area contributed by atoms with Gasteiger partial charge in [-0.05, 0) is 54.1 Å². The number of amides is 2. The maximum absolute atomic E-state index is 14.0. The summed E-state index contributed by atoms with van der Waals surface area (Å²) in [7, 11) is -3.91. The van der Waals surface area contributed by atoms with Crippen molar-refractivity contribution in [2.24, 2.45) is 5.10 Å². The molecule has 2 N–H and O–H groups in total. The summed E-state index contributed by atoms with van der Waals surface area (Å²) in [5.74, 6) is -1.36. The minimum Gasteiger partial charge on any atom is -0.484 e. The summed E-state index contributed by atoms with van der Waals surface area (Å²) in [5.41, 5.74) is 3.27. The number of carbonyl (C=O) groups excluding carboxylic acids is 2. The van der Waals surface area contributed by atoms with Crippen LogP contribution in [0.1, 0.15) is 5.56 Å². The minimum absolute atomic E-state index is 0.169. The molecule has 182 valence electrons. The highest BCUT2D eigenvalue weighted by atomic mass is 32.2. The first-order valence-electron chi connectivity index (χ1n) is 10.3. The molecule has 0 spiro atoms. The first-order chi connectivity index (χ1) is 16.7. The zero-order chi connectivity index (χ0) is 25.3. The lowest BCUT2D eigenvalue weighted by Crippen LogP contribution is -2.39. The molecule has 0 saturated heterocycles. The molecule has 0 unspecified atom stereocenters. The van der Waals surface area contributed by atoms with E-state index >= 15 is 0 Å². The number of anilines is 2. The van der Waals surface area contributed by atoms with Crippen molar-refractivity contribution in [3.8, 4) is 5.75 Å². The third-order valence-electron chi connectivity index (χ3n) is 4.52. The van der Waals surface area contributed by atoms with Gasteiger partial charge in [0, 0.05) is 5.69 Å². The molecule has 0 fully saturated rings. The van der Waals surface area contributed by atoms with Gasteiger partial charge in [-0.2, -0.15) is 5.10 Å². The smallest absolute Gasteiger partial charge is 0.262 e. The van der Waals surface area contributed by atoms with Gasteiger partial charge in [0.15, 0.2) is 6.61 Å². The van der Waals surface area contributed by atoms with Crippen LogP contribution in [-0.2, 0) is 19.6 Å². The summed E-state index contributed by atoms with van der Waals surface area (Å²) < 4.78 is 44.2. The molecule has 0 aliphatic rings. The highest BCUT2D eigenvalue weighted by Gasteiger charge is 2.23. The predicted octanol–water partition coefficient (Wildman–Crippen LogP) is 2.76. The SMILES string of the molecule is CS(=O)(=O)N(CC(=O)N/N=C\c1ccc(OCC(=O)Nc2ccccc2)cc1)c1ccccc1F. The van der Waals surface area contributed by atoms with Crippen LogP contribution >= 0.6 is 0 Å². The van der Waals surface area contributed by atoms with Gasteiger partial charge in [-0.1, -0.05) is 30.3 Å². The molecule has 3 rings (SSSR count). The molecule has 0 bridgehead atoms. The summed E-state index contributed by atoms with van der Waals surface area (Å²) in [6, 6.07) is 20.8. The van der Waals surface area contributed by atoms with E-state index in [1.54, 1.807) is 36.4 Å². The number of ether oxygens (including phenoxy) is 1. The van der Waals surface area contributed by atoms with Gasteiger partial charge in [0.05, 0.1) is 18.2 Å². The van der Waals surface area contributed by atoms with Crippen molar-refractivity contribution in [3.05, 3.63) is 90.2 Å². The summed E-state index contributed by atoms with van der Waals surface area (Å²) in [6.07, 6.45) is 2.22. The van der Waals surface area contributed by atoms with E-state index in [-0.39, 0.29) is 18.2 Å². The lowest BCUT2D eigenvalue weighted by Gasteiger charge is -2.21. The van der Waals surface area contributed by atoms with Crippen molar-refractivity contribution in [3.63, 3.8) is 0 Å². The molecule has 3 aromatic carbocycles. The molecule has 0 saturated carbocycles. The van der Waals surface area contributed by atoms with Crippen LogP contribution in [0.3, 0.4) is 0 Å². The van der Waals surface area contributed by atoms with Crippen LogP contribution in [0.4, 0.5) is 15.8 Å². The zero-order valence-electron chi connectivity index (χ0n) is 18.7. The average Bonchev–Trinajstić information content (AvgIpc) is 2.82. The van der Waals surface area contributed by atoms with E-state index in [4.69, 9.17) is 4.74 Å². The van der Waals surface area contributed by atoms with Crippen LogP contribution < -0.4 is 19.8 Å². The second-order valence-corrected chi connectivity index (χ2v) is 9.19. The van der Waals surface area contributed by atoms with Gasteiger partial charge < -0.3 is 10.1 Å². The Bertz CT molecular complexity index is 1300. The molecular formula is C24H23FN4O5S. The van der Waals surface area contributed by atoms with Gasteiger partial charge in [-0.3, -0.25) is 13.9 Å². The Hall–Kier alpha value is -4.25. The van der Waals surface area contributed by atoms with Crippen molar-refractivity contribution in [2.75, 3.05) is 29.0 Å². The number of nitrogens with zero attached hydrogens (tertiary/aromatic N) is 2. The Morgan fingerprint density at radius 1 is 0.971 bits per heavy atom. The predicted molar refractivity (Wildman–Crippen MR) is 131 cm³/mol. The van der Waals surface area contributed by atoms with Crippen molar-refractivity contribution in [1.82, 2.24) is 5.43 Å². The Morgan fingerprint density at radius 2 is 1.63 bits per heavy atom. The molecule has 0 aromatic heterocycles. The number of hydrazone groups is 1. The third-order valence-corrected chi connectivity index (χ3v) is 5.65. The number of carbonyl (C=O) groups is 2. The Morgan fingerprint density at radius 3 is 2.29 bits per heavy atom. The lowest BCUT2D eigenvalue weighted by molar-refractivity contribution is -0.119. The minimum atomic E-state index is -3.91. The van der Waals surface area contributed by atoms with Crippen molar-refractivity contribution < 1.29 is 27.1 Å². The van der Waals surface area contributed by atoms with Crippen LogP contribution in [0.15, 0.2) is 84.0 Å². The van der Waals surface area contributed by atoms with Gasteiger partial charge in [0.2, 0.25) is 10.0 Å². The largest absolute Gasteiger partial charge is 0.484 e. The summed E-state index contributed by atoms with van der Waals surface area (Å²) in [5, 5.41) is 6.51. The molecule has 0 radical (unpaired) electrons. The standard InChI is InChI=1S/C24H23FN4O5S/c1-35(32,33)29(22-10-6-5-9-21(22)25)16-23(30)28-26-15-18-11-13-20(14-12-18)34-17-24(31)27-19-7-3-2-4-8-19/h2-15H,16-17H2,1H3,(H,27,31)(H,28,30)/b26-15-. The molecule has 0 aliphatic heterocycles. The number of nitrogens with one attached hydrogen (secondary N) is 2. The molecule has 2 amide bonds. The van der Waals surface area contributed by atoms with E-state index in [2.05, 4.69) is 15.8 Å². The van der Waals surface area contributed by atoms with Crippen molar-refractivity contribution >= 4 is 39.4 Å². The number of benzene rings is 3. The van der Waals surface area contributed by atoms with Crippen LogP contribution in [-0.4, -0.2) is 45.9 Å². The maximum Gasteiger partial charge on any atom is 0.262 e. The van der Waals surface area contributed by atoms with Gasteiger partial charge >= 0.3 is 0 Å². The van der Waals surface area contributed by atoms with E-state index in [1.807, 2.05) is 18.2 Å². The van der Waals surface area contributed by atoms with Crippen LogP contribution in [0.5, 0.6) is 5.75 Å². The number of rotatable bonds is 10. The van der Waals surface area contributed by atoms with Crippen LogP contribution in [0, 0.1) is 5.82 Å². The molecule has 11 heteroatoms. The van der Waals surface area contributed by atoms with Gasteiger partial charge in [0.25, 0.3) is 11.8 Å². The summed E-state index contributed by atoms with van der Waals surface area (Å²) in [4.78, 5) is 24.1. The van der Waals surface area contributed by atoms with Gasteiger partial charge in [0.1, 0.15) is 18.1 Å². The molecular weight excluding hydrogens is 475 g/mol. The fourth-order valence-corrected chi connectivity index (χ4v) is 3.75. The first-order valence-corrected chi connectivity index (χ1v) is 12.2. The number of hydrogen-bond acceptors (Lipinski definition) is 6. The topological polar surface area (TPSA) is 117 Å². The quantitative estimate of drug-likeness (QED) is 0.329. The Kier molecular flexibility index (Phi) is 8.52.